The molecule has 0 unspecified atom stereocenters. The maximum Gasteiger partial charge on any atom is 0.243 e. The number of carbonyl (C=O) groups excluding carboxylic acids is 2. The van der Waals surface area contributed by atoms with Gasteiger partial charge >= 0.3 is 0 Å². The average Bonchev–Trinajstić information content (AvgIpc) is 2.39. The number of benzene rings is 1. The summed E-state index contributed by atoms with van der Waals surface area (Å²) < 4.78 is 0. The molecule has 1 N–H and O–H groups in total. The van der Waals surface area contributed by atoms with Crippen molar-refractivity contribution in [2.75, 3.05) is 23.0 Å². The Bertz CT molecular complexity index is 500. The second-order valence-corrected chi connectivity index (χ2v) is 5.44. The van der Waals surface area contributed by atoms with Crippen LogP contribution >= 0.6 is 11.8 Å². The molecular weight excluding hydrogens is 248 g/mol. The molecule has 2 amide bonds. The highest BCUT2D eigenvalue weighted by molar-refractivity contribution is 8.00. The van der Waals surface area contributed by atoms with Crippen LogP contribution in [0.2, 0.25) is 0 Å². The molecule has 2 heterocycles. The lowest BCUT2D eigenvalue weighted by Gasteiger charge is -2.29. The summed E-state index contributed by atoms with van der Waals surface area (Å²) in [5, 5.41) is 3.30. The molecule has 0 saturated carbocycles. The molecule has 4 nitrogen and oxygen atoms in total. The lowest BCUT2D eigenvalue weighted by atomic mass is 9.98. The van der Waals surface area contributed by atoms with Gasteiger partial charge in [-0.2, -0.15) is 0 Å². The summed E-state index contributed by atoms with van der Waals surface area (Å²) in [6, 6.07) is 5.86. The van der Waals surface area contributed by atoms with Gasteiger partial charge in [0.15, 0.2) is 0 Å². The summed E-state index contributed by atoms with van der Waals surface area (Å²) in [6.45, 7) is 1.71. The Hall–Kier alpha value is -1.33. The van der Waals surface area contributed by atoms with Crippen LogP contribution in [0.1, 0.15) is 11.1 Å². The summed E-state index contributed by atoms with van der Waals surface area (Å²) >= 11 is 1.39. The van der Waals surface area contributed by atoms with E-state index in [1.165, 1.54) is 22.2 Å². The Balaban J connectivity index is 2.05. The summed E-state index contributed by atoms with van der Waals surface area (Å²) in [5.41, 5.74) is 3.13. The van der Waals surface area contributed by atoms with Gasteiger partial charge in [0.25, 0.3) is 0 Å². The fraction of sp³-hybridized carbons (Fsp3) is 0.385. The summed E-state index contributed by atoms with van der Waals surface area (Å²) in [7, 11) is 0. The maximum atomic E-state index is 12.0. The van der Waals surface area contributed by atoms with Crippen molar-refractivity contribution in [3.63, 3.8) is 0 Å². The minimum atomic E-state index is -0.0943. The molecule has 1 saturated heterocycles. The molecule has 18 heavy (non-hydrogen) atoms. The van der Waals surface area contributed by atoms with Crippen LogP contribution in [0.25, 0.3) is 0 Å². The number of carbonyl (C=O) groups is 2. The van der Waals surface area contributed by atoms with Gasteiger partial charge in [-0.25, -0.2) is 4.90 Å². The first-order valence-corrected chi connectivity index (χ1v) is 7.18. The van der Waals surface area contributed by atoms with E-state index >= 15 is 0 Å². The summed E-state index contributed by atoms with van der Waals surface area (Å²) in [4.78, 5) is 25.3. The SMILES string of the molecule is O=C1CSCC(=O)N1c1cccc2c1CCNC2. The molecule has 1 aromatic carbocycles. The zero-order valence-corrected chi connectivity index (χ0v) is 10.8. The van der Waals surface area contributed by atoms with Crippen molar-refractivity contribution in [1.82, 2.24) is 5.32 Å². The van der Waals surface area contributed by atoms with Crippen LogP contribution in [0.3, 0.4) is 0 Å². The van der Waals surface area contributed by atoms with Crippen molar-refractivity contribution in [3.05, 3.63) is 29.3 Å². The number of fused-ring (bicyclic) bond motifs is 1. The first kappa shape index (κ1) is 11.7. The van der Waals surface area contributed by atoms with Gasteiger partial charge in [0.2, 0.25) is 11.8 Å². The van der Waals surface area contributed by atoms with Crippen LogP contribution in [0.5, 0.6) is 0 Å². The van der Waals surface area contributed by atoms with E-state index in [1.54, 1.807) is 0 Å². The van der Waals surface area contributed by atoms with Gasteiger partial charge in [-0.3, -0.25) is 9.59 Å². The van der Waals surface area contributed by atoms with Gasteiger partial charge in [-0.1, -0.05) is 12.1 Å². The van der Waals surface area contributed by atoms with Crippen molar-refractivity contribution in [2.24, 2.45) is 0 Å². The number of hydrogen-bond donors (Lipinski definition) is 1. The van der Waals surface area contributed by atoms with E-state index in [0.717, 1.165) is 30.8 Å². The predicted molar refractivity (Wildman–Crippen MR) is 71.7 cm³/mol. The van der Waals surface area contributed by atoms with Crippen molar-refractivity contribution in [3.8, 4) is 0 Å². The molecule has 94 valence electrons. The zero-order chi connectivity index (χ0) is 12.5. The number of imide groups is 1. The van der Waals surface area contributed by atoms with Crippen LogP contribution in [-0.4, -0.2) is 29.9 Å². The van der Waals surface area contributed by atoms with Crippen LogP contribution in [0.4, 0.5) is 5.69 Å². The Morgan fingerprint density at radius 2 is 1.94 bits per heavy atom. The van der Waals surface area contributed by atoms with Gasteiger partial charge in [-0.05, 0) is 30.2 Å². The topological polar surface area (TPSA) is 49.4 Å². The Kier molecular flexibility index (Phi) is 3.09. The Morgan fingerprint density at radius 3 is 2.72 bits per heavy atom. The van der Waals surface area contributed by atoms with Gasteiger partial charge in [-0.15, -0.1) is 11.8 Å². The van der Waals surface area contributed by atoms with Gasteiger partial charge in [0.05, 0.1) is 17.2 Å². The molecule has 0 spiro atoms. The molecule has 5 heteroatoms. The number of thioether (sulfide) groups is 1. The fourth-order valence-electron chi connectivity index (χ4n) is 2.48. The number of anilines is 1. The fourth-order valence-corrected chi connectivity index (χ4v) is 3.19. The molecular formula is C13H14N2O2S. The average molecular weight is 262 g/mol. The molecule has 0 radical (unpaired) electrons. The highest BCUT2D eigenvalue weighted by Crippen LogP contribution is 2.29. The molecule has 2 aliphatic heterocycles. The van der Waals surface area contributed by atoms with Crippen molar-refractivity contribution < 1.29 is 9.59 Å². The Labute approximate surface area is 110 Å². The number of nitrogens with zero attached hydrogens (tertiary/aromatic N) is 1. The minimum Gasteiger partial charge on any atom is -0.312 e. The van der Waals surface area contributed by atoms with Gasteiger partial charge in [0.1, 0.15) is 0 Å². The van der Waals surface area contributed by atoms with E-state index in [0.29, 0.717) is 11.5 Å². The van der Waals surface area contributed by atoms with Crippen molar-refractivity contribution >= 4 is 29.3 Å². The smallest absolute Gasteiger partial charge is 0.243 e. The van der Waals surface area contributed by atoms with E-state index in [2.05, 4.69) is 11.4 Å². The number of amides is 2. The summed E-state index contributed by atoms with van der Waals surface area (Å²) in [6.07, 6.45) is 0.871. The predicted octanol–water partition coefficient (Wildman–Crippen LogP) is 0.939. The second kappa shape index (κ2) is 4.74. The number of rotatable bonds is 1. The zero-order valence-electron chi connectivity index (χ0n) is 9.94. The van der Waals surface area contributed by atoms with Crippen molar-refractivity contribution in [1.29, 1.82) is 0 Å². The highest BCUT2D eigenvalue weighted by Gasteiger charge is 2.30. The highest BCUT2D eigenvalue weighted by atomic mass is 32.2. The molecule has 3 rings (SSSR count). The quantitative estimate of drug-likeness (QED) is 0.765. The van der Waals surface area contributed by atoms with Crippen LogP contribution < -0.4 is 10.2 Å². The van der Waals surface area contributed by atoms with Crippen LogP contribution in [0.15, 0.2) is 18.2 Å². The van der Waals surface area contributed by atoms with Crippen LogP contribution in [-0.2, 0) is 22.6 Å². The largest absolute Gasteiger partial charge is 0.312 e. The standard InChI is InChI=1S/C13H14N2O2S/c16-12-7-18-8-13(17)15(12)11-3-1-2-9-6-14-5-4-10(9)11/h1-3,14H,4-8H2. The first-order chi connectivity index (χ1) is 8.77. The normalized spacial score (nSPS) is 19.9. The van der Waals surface area contributed by atoms with Crippen molar-refractivity contribution in [2.45, 2.75) is 13.0 Å². The monoisotopic (exact) mass is 262 g/mol. The third-order valence-electron chi connectivity index (χ3n) is 3.31. The molecule has 0 atom stereocenters. The van der Waals surface area contributed by atoms with E-state index < -0.39 is 0 Å². The molecule has 0 aliphatic carbocycles. The summed E-state index contributed by atoms with van der Waals surface area (Å²) in [5.74, 6) is 0.604. The Morgan fingerprint density at radius 1 is 1.17 bits per heavy atom. The number of nitrogens with one attached hydrogen (secondary N) is 1. The lowest BCUT2D eigenvalue weighted by molar-refractivity contribution is -0.124. The maximum absolute atomic E-state index is 12.0. The minimum absolute atomic E-state index is 0.0943. The van der Waals surface area contributed by atoms with E-state index in [9.17, 15) is 9.59 Å². The second-order valence-electron chi connectivity index (χ2n) is 4.46. The van der Waals surface area contributed by atoms with E-state index in [4.69, 9.17) is 0 Å². The molecule has 0 aromatic heterocycles. The van der Waals surface area contributed by atoms with Gasteiger partial charge in [0, 0.05) is 6.54 Å². The van der Waals surface area contributed by atoms with Crippen LogP contribution in [0, 0.1) is 0 Å². The van der Waals surface area contributed by atoms with E-state index in [-0.39, 0.29) is 11.8 Å². The molecule has 1 fully saturated rings. The molecule has 1 aromatic rings. The third kappa shape index (κ3) is 1.93. The molecule has 2 aliphatic rings. The third-order valence-corrected chi connectivity index (χ3v) is 4.21. The molecule has 0 bridgehead atoms. The number of hydrogen-bond acceptors (Lipinski definition) is 4. The first-order valence-electron chi connectivity index (χ1n) is 6.02. The van der Waals surface area contributed by atoms with E-state index in [1.807, 2.05) is 12.1 Å². The van der Waals surface area contributed by atoms with Gasteiger partial charge < -0.3 is 5.32 Å². The lowest BCUT2D eigenvalue weighted by Crippen LogP contribution is -2.44.